The summed E-state index contributed by atoms with van der Waals surface area (Å²) >= 11 is 6.94. The van der Waals surface area contributed by atoms with Gasteiger partial charge in [-0.25, -0.2) is 0 Å². The van der Waals surface area contributed by atoms with E-state index < -0.39 is 5.72 Å². The van der Waals surface area contributed by atoms with E-state index in [2.05, 4.69) is 37.2 Å². The smallest absolute Gasteiger partial charge is 0.254 e. The Bertz CT molecular complexity index is 652. The molecule has 6 heteroatoms. The van der Waals surface area contributed by atoms with Crippen molar-refractivity contribution >= 4 is 37.8 Å². The average molecular weight is 403 g/mol. The standard InChI is InChI=1S/C14H13Br2NO3/c1-6(18)11-9-5-14(2,17-13(11)19)20-12-8(9)3-7(15)4-10(12)16/h3-4,9,18H,5H2,1-2H3,(H,17,19)/b11-6+. The topological polar surface area (TPSA) is 58.6 Å². The number of carbonyl (C=O) groups is 1. The minimum Gasteiger partial charge on any atom is -0.512 e. The van der Waals surface area contributed by atoms with E-state index in [-0.39, 0.29) is 17.6 Å². The lowest BCUT2D eigenvalue weighted by molar-refractivity contribution is -0.127. The summed E-state index contributed by atoms with van der Waals surface area (Å²) in [5.74, 6) is 0.325. The van der Waals surface area contributed by atoms with Gasteiger partial charge in [0.2, 0.25) is 0 Å². The van der Waals surface area contributed by atoms with Crippen molar-refractivity contribution in [3.63, 3.8) is 0 Å². The van der Waals surface area contributed by atoms with E-state index in [4.69, 9.17) is 4.74 Å². The number of nitrogens with one attached hydrogen (secondary N) is 1. The maximum Gasteiger partial charge on any atom is 0.254 e. The van der Waals surface area contributed by atoms with E-state index in [1.165, 1.54) is 0 Å². The number of rotatable bonds is 0. The van der Waals surface area contributed by atoms with E-state index in [1.54, 1.807) is 6.92 Å². The van der Waals surface area contributed by atoms with E-state index >= 15 is 0 Å². The molecular formula is C14H13Br2NO3. The Morgan fingerprint density at radius 2 is 2.20 bits per heavy atom. The summed E-state index contributed by atoms with van der Waals surface area (Å²) in [5.41, 5.74) is 0.573. The Balaban J connectivity index is 2.26. The zero-order valence-corrected chi connectivity index (χ0v) is 14.1. The van der Waals surface area contributed by atoms with Crippen LogP contribution in [0.3, 0.4) is 0 Å². The second kappa shape index (κ2) is 4.49. The first-order chi connectivity index (χ1) is 9.31. The third-order valence-corrected chi connectivity index (χ3v) is 4.74. The first-order valence-corrected chi connectivity index (χ1v) is 7.79. The third-order valence-electron chi connectivity index (χ3n) is 3.69. The summed E-state index contributed by atoms with van der Waals surface area (Å²) in [4.78, 5) is 12.2. The Morgan fingerprint density at radius 3 is 2.85 bits per heavy atom. The molecule has 3 rings (SSSR count). The van der Waals surface area contributed by atoms with Crippen LogP contribution in [0, 0.1) is 0 Å². The van der Waals surface area contributed by atoms with Gasteiger partial charge in [0.05, 0.1) is 15.8 Å². The molecule has 2 bridgehead atoms. The number of amides is 1. The number of hydrogen-bond donors (Lipinski definition) is 2. The molecule has 2 heterocycles. The highest BCUT2D eigenvalue weighted by atomic mass is 79.9. The van der Waals surface area contributed by atoms with E-state index in [9.17, 15) is 9.90 Å². The fraction of sp³-hybridized carbons (Fsp3) is 0.357. The minimum absolute atomic E-state index is 0.0542. The molecule has 1 aromatic carbocycles. The SMILES string of the molecule is C/C(O)=C1\C(=O)NC2(C)CC1c1cc(Br)cc(Br)c1O2. The number of ether oxygens (including phenoxy) is 1. The predicted octanol–water partition coefficient (Wildman–Crippen LogP) is 3.76. The lowest BCUT2D eigenvalue weighted by Crippen LogP contribution is -2.58. The molecule has 2 atom stereocenters. The van der Waals surface area contributed by atoms with Gasteiger partial charge in [-0.15, -0.1) is 0 Å². The molecule has 4 nitrogen and oxygen atoms in total. The largest absolute Gasteiger partial charge is 0.512 e. The third kappa shape index (κ3) is 2.05. The number of aliphatic hydroxyl groups excluding tert-OH is 1. The molecule has 106 valence electrons. The summed E-state index contributed by atoms with van der Waals surface area (Å²) in [7, 11) is 0. The molecule has 1 amide bonds. The number of carbonyl (C=O) groups excluding carboxylic acids is 1. The van der Waals surface area contributed by atoms with Gasteiger partial charge in [-0.2, -0.15) is 0 Å². The highest BCUT2D eigenvalue weighted by Crippen LogP contribution is 2.50. The van der Waals surface area contributed by atoms with E-state index in [1.807, 2.05) is 19.1 Å². The van der Waals surface area contributed by atoms with Gasteiger partial charge in [0.15, 0.2) is 5.72 Å². The van der Waals surface area contributed by atoms with Crippen molar-refractivity contribution in [2.45, 2.75) is 31.9 Å². The monoisotopic (exact) mass is 401 g/mol. The molecule has 0 aromatic heterocycles. The second-order valence-electron chi connectivity index (χ2n) is 5.35. The molecule has 1 fully saturated rings. The van der Waals surface area contributed by atoms with E-state index in [0.29, 0.717) is 17.7 Å². The summed E-state index contributed by atoms with van der Waals surface area (Å²) < 4.78 is 7.69. The van der Waals surface area contributed by atoms with Crippen molar-refractivity contribution in [2.75, 3.05) is 0 Å². The van der Waals surface area contributed by atoms with Crippen LogP contribution in [0.5, 0.6) is 5.75 Å². The van der Waals surface area contributed by atoms with Gasteiger partial charge < -0.3 is 15.2 Å². The Hall–Kier alpha value is -1.01. The maximum absolute atomic E-state index is 12.2. The number of benzene rings is 1. The molecule has 2 unspecified atom stereocenters. The van der Waals surface area contributed by atoms with Crippen LogP contribution in [-0.4, -0.2) is 16.7 Å². The number of aliphatic hydroxyl groups is 1. The van der Waals surface area contributed by atoms with Crippen LogP contribution in [0.2, 0.25) is 0 Å². The van der Waals surface area contributed by atoms with Gasteiger partial charge in [-0.3, -0.25) is 4.79 Å². The predicted molar refractivity (Wildman–Crippen MR) is 81.7 cm³/mol. The lowest BCUT2D eigenvalue weighted by Gasteiger charge is -2.45. The quantitative estimate of drug-likeness (QED) is 0.513. The van der Waals surface area contributed by atoms with Gasteiger partial charge in [0, 0.05) is 22.4 Å². The van der Waals surface area contributed by atoms with Crippen LogP contribution in [-0.2, 0) is 4.79 Å². The van der Waals surface area contributed by atoms with E-state index in [0.717, 1.165) is 14.5 Å². The van der Waals surface area contributed by atoms with Crippen LogP contribution in [0.1, 0.15) is 31.7 Å². The normalized spacial score (nSPS) is 30.2. The minimum atomic E-state index is -0.746. The fourth-order valence-corrected chi connectivity index (χ4v) is 4.27. The molecule has 1 saturated heterocycles. The average Bonchev–Trinajstić information content (AvgIpc) is 2.29. The van der Waals surface area contributed by atoms with Crippen LogP contribution < -0.4 is 10.1 Å². The lowest BCUT2D eigenvalue weighted by atomic mass is 9.78. The van der Waals surface area contributed by atoms with Crippen molar-refractivity contribution in [1.29, 1.82) is 0 Å². The molecule has 0 saturated carbocycles. The fourth-order valence-electron chi connectivity index (χ4n) is 2.93. The number of allylic oxidation sites excluding steroid dienone is 1. The molecule has 0 aliphatic carbocycles. The number of halogens is 2. The molecule has 20 heavy (non-hydrogen) atoms. The molecule has 1 aromatic rings. The first-order valence-electron chi connectivity index (χ1n) is 6.21. The number of hydrogen-bond acceptors (Lipinski definition) is 3. The van der Waals surface area contributed by atoms with Gasteiger partial charge in [0.1, 0.15) is 5.75 Å². The van der Waals surface area contributed by atoms with Crippen LogP contribution in [0.4, 0.5) is 0 Å². The Labute approximate surface area is 133 Å². The maximum atomic E-state index is 12.2. The van der Waals surface area contributed by atoms with Crippen molar-refractivity contribution in [1.82, 2.24) is 5.32 Å². The molecule has 0 spiro atoms. The second-order valence-corrected chi connectivity index (χ2v) is 7.12. The summed E-state index contributed by atoms with van der Waals surface area (Å²) in [6.07, 6.45) is 0.599. The summed E-state index contributed by atoms with van der Waals surface area (Å²) in [5, 5.41) is 12.7. The number of piperidine rings is 1. The van der Waals surface area contributed by atoms with Gasteiger partial charge >= 0.3 is 0 Å². The number of fused-ring (bicyclic) bond motifs is 4. The Kier molecular flexibility index (Phi) is 3.14. The highest BCUT2D eigenvalue weighted by molar-refractivity contribution is 9.11. The zero-order chi connectivity index (χ0) is 14.7. The molecule has 2 aliphatic heterocycles. The summed E-state index contributed by atoms with van der Waals surface area (Å²) in [6.45, 7) is 3.39. The molecule has 2 aliphatic rings. The van der Waals surface area contributed by atoms with Crippen LogP contribution >= 0.6 is 31.9 Å². The van der Waals surface area contributed by atoms with Gasteiger partial charge in [-0.1, -0.05) is 15.9 Å². The molecular weight excluding hydrogens is 390 g/mol. The highest BCUT2D eigenvalue weighted by Gasteiger charge is 2.47. The molecule has 0 radical (unpaired) electrons. The van der Waals surface area contributed by atoms with Crippen LogP contribution in [0.15, 0.2) is 32.4 Å². The van der Waals surface area contributed by atoms with Crippen LogP contribution in [0.25, 0.3) is 0 Å². The first kappa shape index (κ1) is 13.9. The van der Waals surface area contributed by atoms with Gasteiger partial charge in [0.25, 0.3) is 5.91 Å². The Morgan fingerprint density at radius 1 is 1.50 bits per heavy atom. The molecule has 2 N–H and O–H groups in total. The van der Waals surface area contributed by atoms with Crippen molar-refractivity contribution < 1.29 is 14.6 Å². The summed E-state index contributed by atoms with van der Waals surface area (Å²) in [6, 6.07) is 3.84. The van der Waals surface area contributed by atoms with Crippen molar-refractivity contribution in [2.24, 2.45) is 0 Å². The van der Waals surface area contributed by atoms with Gasteiger partial charge in [-0.05, 0) is 41.9 Å². The van der Waals surface area contributed by atoms with Crippen molar-refractivity contribution in [3.05, 3.63) is 38.0 Å². The van der Waals surface area contributed by atoms with Crippen molar-refractivity contribution in [3.8, 4) is 5.75 Å². The zero-order valence-electron chi connectivity index (χ0n) is 11.0.